The van der Waals surface area contributed by atoms with Gasteiger partial charge in [0.2, 0.25) is 5.91 Å². The first-order chi connectivity index (χ1) is 26.0. The summed E-state index contributed by atoms with van der Waals surface area (Å²) >= 11 is 12.5. The Kier molecular flexibility index (Phi) is 10.8. The minimum absolute atomic E-state index is 0.00922. The largest absolute Gasteiger partial charge is 0.465 e. The number of nitrogens with zero attached hydrogens (tertiary/aromatic N) is 5. The third-order valence-electron chi connectivity index (χ3n) is 10.00. The number of hydrogen-bond donors (Lipinski definition) is 0. The number of ether oxygens (including phenoxy) is 2. The van der Waals surface area contributed by atoms with Gasteiger partial charge in [-0.15, -0.1) is 0 Å². The van der Waals surface area contributed by atoms with Crippen molar-refractivity contribution >= 4 is 56.8 Å². The molecule has 1 aromatic heterocycles. The van der Waals surface area contributed by atoms with Crippen LogP contribution in [0.3, 0.4) is 0 Å². The van der Waals surface area contributed by atoms with Crippen molar-refractivity contribution in [2.75, 3.05) is 70.4 Å². The second-order valence-electron chi connectivity index (χ2n) is 13.2. The SMILES string of the molecule is COC(=O)c1cccc(S(=O)(=O)N2c3ccc(C(=O)N4CCN(CC(=O)N5CCOCC5)CC4)c(=O)n3C(c3ccc(Cl)cc3)C2c2ccc(Cl)cc2)c1. The van der Waals surface area contributed by atoms with Crippen LogP contribution < -0.4 is 9.86 Å². The van der Waals surface area contributed by atoms with Crippen LogP contribution in [0.25, 0.3) is 0 Å². The van der Waals surface area contributed by atoms with Crippen molar-refractivity contribution in [1.29, 1.82) is 0 Å². The quantitative estimate of drug-likeness (QED) is 0.242. The van der Waals surface area contributed by atoms with Crippen molar-refractivity contribution in [2.24, 2.45) is 0 Å². The molecule has 0 bridgehead atoms. The van der Waals surface area contributed by atoms with Crippen LogP contribution in [0.5, 0.6) is 0 Å². The van der Waals surface area contributed by atoms with Crippen molar-refractivity contribution < 1.29 is 32.3 Å². The van der Waals surface area contributed by atoms with Crippen molar-refractivity contribution in [1.82, 2.24) is 19.3 Å². The first-order valence-electron chi connectivity index (χ1n) is 17.3. The summed E-state index contributed by atoms with van der Waals surface area (Å²) in [4.78, 5) is 59.2. The molecule has 54 heavy (non-hydrogen) atoms. The highest BCUT2D eigenvalue weighted by Gasteiger charge is 2.48. The molecule has 2 atom stereocenters. The number of piperazine rings is 1. The van der Waals surface area contributed by atoms with E-state index in [1.54, 1.807) is 58.3 Å². The highest BCUT2D eigenvalue weighted by Crippen LogP contribution is 2.49. The highest BCUT2D eigenvalue weighted by molar-refractivity contribution is 7.92. The summed E-state index contributed by atoms with van der Waals surface area (Å²) in [6.45, 7) is 3.82. The molecule has 0 aliphatic carbocycles. The Morgan fingerprint density at radius 1 is 0.778 bits per heavy atom. The van der Waals surface area contributed by atoms with E-state index >= 15 is 0 Å². The third kappa shape index (κ3) is 7.23. The second kappa shape index (κ2) is 15.6. The number of hydrogen-bond acceptors (Lipinski definition) is 9. The Labute approximate surface area is 322 Å². The van der Waals surface area contributed by atoms with Gasteiger partial charge in [-0.3, -0.25) is 23.9 Å². The maximum Gasteiger partial charge on any atom is 0.337 e. The Hall–Kier alpha value is -4.73. The summed E-state index contributed by atoms with van der Waals surface area (Å²) in [6.07, 6.45) is 0. The summed E-state index contributed by atoms with van der Waals surface area (Å²) in [6, 6.07) is 19.7. The van der Waals surface area contributed by atoms with E-state index in [-0.39, 0.29) is 34.3 Å². The molecule has 3 aliphatic rings. The number of amides is 2. The predicted molar refractivity (Wildman–Crippen MR) is 202 cm³/mol. The topological polar surface area (TPSA) is 139 Å². The monoisotopic (exact) mass is 793 g/mol. The van der Waals surface area contributed by atoms with E-state index < -0.39 is 39.5 Å². The maximum atomic E-state index is 14.8. The maximum absolute atomic E-state index is 14.8. The molecule has 2 unspecified atom stereocenters. The van der Waals surface area contributed by atoms with Crippen LogP contribution in [0.2, 0.25) is 10.0 Å². The summed E-state index contributed by atoms with van der Waals surface area (Å²) < 4.78 is 42.3. The molecular weight excluding hydrogens is 757 g/mol. The van der Waals surface area contributed by atoms with Gasteiger partial charge in [0.15, 0.2) is 0 Å². The van der Waals surface area contributed by atoms with Crippen LogP contribution in [0.4, 0.5) is 5.82 Å². The Balaban J connectivity index is 1.28. The van der Waals surface area contributed by atoms with Gasteiger partial charge in [0.05, 0.1) is 49.4 Å². The number of carbonyl (C=O) groups is 3. The lowest BCUT2D eigenvalue weighted by atomic mass is 9.94. The number of fused-ring (bicyclic) bond motifs is 1. The van der Waals surface area contributed by atoms with Crippen LogP contribution in [-0.2, 0) is 24.3 Å². The van der Waals surface area contributed by atoms with Crippen molar-refractivity contribution in [3.8, 4) is 0 Å². The summed E-state index contributed by atoms with van der Waals surface area (Å²) in [5.41, 5.74) is 0.302. The van der Waals surface area contributed by atoms with E-state index in [2.05, 4.69) is 0 Å². The molecule has 4 aromatic rings. The van der Waals surface area contributed by atoms with Crippen LogP contribution in [-0.4, -0.2) is 112 Å². The Bertz CT molecular complexity index is 2240. The van der Waals surface area contributed by atoms with Gasteiger partial charge in [0.25, 0.3) is 21.5 Å². The highest BCUT2D eigenvalue weighted by atomic mass is 35.5. The van der Waals surface area contributed by atoms with E-state index in [1.807, 2.05) is 4.90 Å². The molecule has 16 heteroatoms. The number of aromatic nitrogens is 1. The van der Waals surface area contributed by atoms with Gasteiger partial charge < -0.3 is 19.3 Å². The number of sulfonamides is 1. The number of halogens is 2. The van der Waals surface area contributed by atoms with E-state index in [4.69, 9.17) is 32.7 Å². The minimum Gasteiger partial charge on any atom is -0.465 e. The molecule has 2 saturated heterocycles. The lowest BCUT2D eigenvalue weighted by Gasteiger charge is -2.36. The molecule has 0 radical (unpaired) electrons. The fourth-order valence-electron chi connectivity index (χ4n) is 7.21. The van der Waals surface area contributed by atoms with E-state index in [0.29, 0.717) is 73.7 Å². The van der Waals surface area contributed by atoms with Crippen LogP contribution in [0, 0.1) is 0 Å². The Morgan fingerprint density at radius 3 is 2.00 bits per heavy atom. The van der Waals surface area contributed by atoms with Gasteiger partial charge in [0, 0.05) is 49.3 Å². The molecule has 2 fully saturated rings. The number of morpholine rings is 1. The molecule has 4 heterocycles. The van der Waals surface area contributed by atoms with E-state index in [9.17, 15) is 27.6 Å². The van der Waals surface area contributed by atoms with Crippen LogP contribution >= 0.6 is 23.2 Å². The molecule has 3 aromatic carbocycles. The van der Waals surface area contributed by atoms with Gasteiger partial charge in [0.1, 0.15) is 11.4 Å². The van der Waals surface area contributed by atoms with Gasteiger partial charge in [-0.25, -0.2) is 17.5 Å². The van der Waals surface area contributed by atoms with Gasteiger partial charge >= 0.3 is 5.97 Å². The first-order valence-corrected chi connectivity index (χ1v) is 19.5. The third-order valence-corrected chi connectivity index (χ3v) is 12.3. The first kappa shape index (κ1) is 37.6. The van der Waals surface area contributed by atoms with Gasteiger partial charge in [-0.2, -0.15) is 0 Å². The molecular formula is C38H37Cl2N5O8S. The number of methoxy groups -OCH3 is 1. The lowest BCUT2D eigenvalue weighted by Crippen LogP contribution is -2.53. The van der Waals surface area contributed by atoms with Gasteiger partial charge in [-0.05, 0) is 65.7 Å². The molecule has 0 saturated carbocycles. The van der Waals surface area contributed by atoms with Crippen LogP contribution in [0.15, 0.2) is 94.6 Å². The number of esters is 1. The van der Waals surface area contributed by atoms with E-state index in [1.165, 1.54) is 48.1 Å². The standard InChI is InChI=1S/C38H37Cl2N5O8S/c1-52-38(49)27-3-2-4-30(23-27)54(50,51)45-32-14-13-31(36(47)43-17-15-41(16-18-43)24-33(46)42-19-21-53-22-20-42)37(48)44(32)34(25-5-9-28(39)10-6-25)35(45)26-7-11-29(40)12-8-26/h2-14,23,34-35H,15-22,24H2,1H3. The molecule has 0 N–H and O–H groups in total. The van der Waals surface area contributed by atoms with Gasteiger partial charge in [-0.1, -0.05) is 53.5 Å². The van der Waals surface area contributed by atoms with Crippen molar-refractivity contribution in [2.45, 2.75) is 17.0 Å². The average molecular weight is 795 g/mol. The zero-order chi connectivity index (χ0) is 38.1. The number of pyridine rings is 1. The predicted octanol–water partition coefficient (Wildman–Crippen LogP) is 4.10. The number of anilines is 1. The average Bonchev–Trinajstić information content (AvgIpc) is 3.55. The molecule has 0 spiro atoms. The fraction of sp³-hybridized carbons (Fsp3) is 0.316. The normalized spacial score (nSPS) is 19.1. The number of benzene rings is 3. The van der Waals surface area contributed by atoms with Crippen molar-refractivity contribution in [3.63, 3.8) is 0 Å². The zero-order valence-electron chi connectivity index (χ0n) is 29.3. The number of carbonyl (C=O) groups excluding carboxylic acids is 3. The smallest absolute Gasteiger partial charge is 0.337 e. The van der Waals surface area contributed by atoms with E-state index in [0.717, 1.165) is 4.31 Å². The molecule has 282 valence electrons. The molecule has 2 amide bonds. The zero-order valence-corrected chi connectivity index (χ0v) is 31.6. The summed E-state index contributed by atoms with van der Waals surface area (Å²) in [5.74, 6) is -1.19. The molecule has 3 aliphatic heterocycles. The second-order valence-corrected chi connectivity index (χ2v) is 15.8. The fourth-order valence-corrected chi connectivity index (χ4v) is 9.14. The summed E-state index contributed by atoms with van der Waals surface area (Å²) in [5, 5.41) is 0.860. The number of rotatable bonds is 8. The molecule has 13 nitrogen and oxygen atoms in total. The summed E-state index contributed by atoms with van der Waals surface area (Å²) in [7, 11) is -3.30. The lowest BCUT2D eigenvalue weighted by molar-refractivity contribution is -0.136. The Morgan fingerprint density at radius 2 is 1.39 bits per heavy atom. The molecule has 7 rings (SSSR count). The van der Waals surface area contributed by atoms with Crippen molar-refractivity contribution in [3.05, 3.63) is 128 Å². The minimum atomic E-state index is -4.50. The van der Waals surface area contributed by atoms with Crippen LogP contribution in [0.1, 0.15) is 43.9 Å².